The lowest BCUT2D eigenvalue weighted by molar-refractivity contribution is 0.0650. The molecular formula is C15H18F2O. The van der Waals surface area contributed by atoms with Gasteiger partial charge in [-0.1, -0.05) is 6.42 Å². The Bertz CT molecular complexity index is 440. The predicted molar refractivity (Wildman–Crippen MR) is 65.0 cm³/mol. The Kier molecular flexibility index (Phi) is 2.89. The Hall–Kier alpha value is -0.960. The zero-order valence-corrected chi connectivity index (χ0v) is 10.3. The summed E-state index contributed by atoms with van der Waals surface area (Å²) >= 11 is 0. The van der Waals surface area contributed by atoms with E-state index in [-0.39, 0.29) is 12.0 Å². The van der Waals surface area contributed by atoms with Crippen LogP contribution in [0.4, 0.5) is 8.78 Å². The number of hydrogen-bond acceptors (Lipinski definition) is 1. The minimum atomic E-state index is -0.527. The van der Waals surface area contributed by atoms with E-state index in [1.807, 2.05) is 0 Å². The molecule has 0 amide bonds. The Morgan fingerprint density at radius 1 is 1.17 bits per heavy atom. The van der Waals surface area contributed by atoms with E-state index in [4.69, 9.17) is 0 Å². The SMILES string of the molecule is OCC1(Cc2cc(F)cc(F)c2)CC2CCC1C2. The first-order chi connectivity index (χ1) is 8.61. The molecule has 3 atom stereocenters. The van der Waals surface area contributed by atoms with Crippen molar-refractivity contribution in [2.75, 3.05) is 6.61 Å². The molecule has 0 aliphatic heterocycles. The molecule has 0 heterocycles. The summed E-state index contributed by atoms with van der Waals surface area (Å²) in [5, 5.41) is 9.75. The van der Waals surface area contributed by atoms with Gasteiger partial charge in [-0.3, -0.25) is 0 Å². The summed E-state index contributed by atoms with van der Waals surface area (Å²) in [5.41, 5.74) is 0.539. The number of benzene rings is 1. The predicted octanol–water partition coefficient (Wildman–Crippen LogP) is 3.31. The van der Waals surface area contributed by atoms with Crippen molar-refractivity contribution in [3.05, 3.63) is 35.4 Å². The third-order valence-corrected chi connectivity index (χ3v) is 4.90. The van der Waals surface area contributed by atoms with Gasteiger partial charge < -0.3 is 5.11 Å². The minimum Gasteiger partial charge on any atom is -0.396 e. The summed E-state index contributed by atoms with van der Waals surface area (Å²) in [4.78, 5) is 0. The van der Waals surface area contributed by atoms with Gasteiger partial charge in [-0.05, 0) is 55.2 Å². The van der Waals surface area contributed by atoms with Gasteiger partial charge in [0.2, 0.25) is 0 Å². The highest BCUT2D eigenvalue weighted by Gasteiger charge is 2.50. The molecule has 0 saturated heterocycles. The second-order valence-electron chi connectivity index (χ2n) is 6.06. The fourth-order valence-corrected chi connectivity index (χ4v) is 4.14. The van der Waals surface area contributed by atoms with Crippen LogP contribution in [0.15, 0.2) is 18.2 Å². The number of aliphatic hydroxyl groups is 1. The smallest absolute Gasteiger partial charge is 0.126 e. The highest BCUT2D eigenvalue weighted by molar-refractivity contribution is 5.21. The second kappa shape index (κ2) is 4.30. The van der Waals surface area contributed by atoms with Crippen molar-refractivity contribution in [1.29, 1.82) is 0 Å². The number of aliphatic hydroxyl groups excluding tert-OH is 1. The van der Waals surface area contributed by atoms with Gasteiger partial charge in [0.05, 0.1) is 0 Å². The summed E-state index contributed by atoms with van der Waals surface area (Å²) in [6.07, 6.45) is 5.19. The van der Waals surface area contributed by atoms with Crippen LogP contribution < -0.4 is 0 Å². The van der Waals surface area contributed by atoms with E-state index in [0.717, 1.165) is 18.9 Å². The van der Waals surface area contributed by atoms with Crippen molar-refractivity contribution in [2.24, 2.45) is 17.3 Å². The Labute approximate surface area is 106 Å². The number of rotatable bonds is 3. The van der Waals surface area contributed by atoms with Crippen molar-refractivity contribution in [1.82, 2.24) is 0 Å². The molecule has 3 heteroatoms. The molecule has 2 aliphatic rings. The first-order valence-corrected chi connectivity index (χ1v) is 6.67. The van der Waals surface area contributed by atoms with Gasteiger partial charge in [-0.15, -0.1) is 0 Å². The lowest BCUT2D eigenvalue weighted by Crippen LogP contribution is -2.34. The van der Waals surface area contributed by atoms with Gasteiger partial charge in [-0.2, -0.15) is 0 Å². The summed E-state index contributed by atoms with van der Waals surface area (Å²) < 4.78 is 26.4. The average molecular weight is 252 g/mol. The highest BCUT2D eigenvalue weighted by atomic mass is 19.1. The van der Waals surface area contributed by atoms with Gasteiger partial charge in [0.25, 0.3) is 0 Å². The van der Waals surface area contributed by atoms with Gasteiger partial charge in [-0.25, -0.2) is 8.78 Å². The van der Waals surface area contributed by atoms with Crippen LogP contribution in [0.2, 0.25) is 0 Å². The molecule has 2 bridgehead atoms. The molecule has 1 N–H and O–H groups in total. The number of fused-ring (bicyclic) bond motifs is 2. The molecule has 18 heavy (non-hydrogen) atoms. The number of halogens is 2. The van der Waals surface area contributed by atoms with Crippen molar-refractivity contribution in [3.8, 4) is 0 Å². The van der Waals surface area contributed by atoms with E-state index in [9.17, 15) is 13.9 Å². The molecule has 2 fully saturated rings. The average Bonchev–Trinajstić information content (AvgIpc) is 2.88. The molecule has 0 aromatic heterocycles. The molecule has 1 aromatic rings. The second-order valence-corrected chi connectivity index (χ2v) is 6.06. The molecule has 2 saturated carbocycles. The summed E-state index contributed by atoms with van der Waals surface area (Å²) in [6, 6.07) is 3.69. The molecular weight excluding hydrogens is 234 g/mol. The molecule has 2 aliphatic carbocycles. The molecule has 1 nitrogen and oxygen atoms in total. The van der Waals surface area contributed by atoms with Crippen LogP contribution in [0.5, 0.6) is 0 Å². The van der Waals surface area contributed by atoms with E-state index < -0.39 is 11.6 Å². The summed E-state index contributed by atoms with van der Waals surface area (Å²) in [7, 11) is 0. The molecule has 0 spiro atoms. The summed E-state index contributed by atoms with van der Waals surface area (Å²) in [6.45, 7) is 0.131. The van der Waals surface area contributed by atoms with Gasteiger partial charge >= 0.3 is 0 Å². The van der Waals surface area contributed by atoms with Crippen LogP contribution in [0.3, 0.4) is 0 Å². The minimum absolute atomic E-state index is 0.131. The Morgan fingerprint density at radius 2 is 1.89 bits per heavy atom. The van der Waals surface area contributed by atoms with E-state index >= 15 is 0 Å². The molecule has 1 aromatic carbocycles. The maximum Gasteiger partial charge on any atom is 0.126 e. The van der Waals surface area contributed by atoms with Gasteiger partial charge in [0, 0.05) is 18.1 Å². The lowest BCUT2D eigenvalue weighted by Gasteiger charge is -2.36. The standard InChI is InChI=1S/C15H18F2O/c16-13-4-11(5-14(17)6-13)8-15(9-18)7-10-1-2-12(15)3-10/h4-6,10,12,18H,1-3,7-9H2. The highest BCUT2D eigenvalue weighted by Crippen LogP contribution is 2.57. The van der Waals surface area contributed by atoms with E-state index in [1.54, 1.807) is 0 Å². The third-order valence-electron chi connectivity index (χ3n) is 4.90. The van der Waals surface area contributed by atoms with Crippen molar-refractivity contribution in [2.45, 2.75) is 32.1 Å². The van der Waals surface area contributed by atoms with Crippen LogP contribution in [0, 0.1) is 28.9 Å². The fourth-order valence-electron chi connectivity index (χ4n) is 4.14. The molecule has 3 unspecified atom stereocenters. The monoisotopic (exact) mass is 252 g/mol. The van der Waals surface area contributed by atoms with Crippen LogP contribution >= 0.6 is 0 Å². The molecule has 98 valence electrons. The van der Waals surface area contributed by atoms with Crippen molar-refractivity contribution >= 4 is 0 Å². The van der Waals surface area contributed by atoms with E-state index in [0.29, 0.717) is 23.8 Å². The largest absolute Gasteiger partial charge is 0.396 e. The Balaban J connectivity index is 1.86. The van der Waals surface area contributed by atoms with E-state index in [2.05, 4.69) is 0 Å². The number of hydrogen-bond donors (Lipinski definition) is 1. The fraction of sp³-hybridized carbons (Fsp3) is 0.600. The van der Waals surface area contributed by atoms with Crippen molar-refractivity contribution < 1.29 is 13.9 Å². The third kappa shape index (κ3) is 1.95. The maximum atomic E-state index is 13.2. The molecule has 3 rings (SSSR count). The Morgan fingerprint density at radius 3 is 2.39 bits per heavy atom. The van der Waals surface area contributed by atoms with Crippen LogP contribution in [-0.2, 0) is 6.42 Å². The first kappa shape index (κ1) is 12.1. The zero-order valence-electron chi connectivity index (χ0n) is 10.3. The normalized spacial score (nSPS) is 34.2. The van der Waals surface area contributed by atoms with Crippen LogP contribution in [-0.4, -0.2) is 11.7 Å². The van der Waals surface area contributed by atoms with E-state index in [1.165, 1.54) is 25.0 Å². The van der Waals surface area contributed by atoms with Crippen molar-refractivity contribution in [3.63, 3.8) is 0 Å². The summed E-state index contributed by atoms with van der Waals surface area (Å²) in [5.74, 6) is 0.182. The lowest BCUT2D eigenvalue weighted by atomic mass is 9.70. The topological polar surface area (TPSA) is 20.2 Å². The van der Waals surface area contributed by atoms with Gasteiger partial charge in [0.1, 0.15) is 11.6 Å². The first-order valence-electron chi connectivity index (χ1n) is 6.67. The quantitative estimate of drug-likeness (QED) is 0.875. The van der Waals surface area contributed by atoms with Crippen LogP contribution in [0.1, 0.15) is 31.2 Å². The zero-order chi connectivity index (χ0) is 12.8. The molecule has 0 radical (unpaired) electrons. The maximum absolute atomic E-state index is 13.2. The van der Waals surface area contributed by atoms with Gasteiger partial charge in [0.15, 0.2) is 0 Å². The van der Waals surface area contributed by atoms with Crippen LogP contribution in [0.25, 0.3) is 0 Å².